The molecule has 0 spiro atoms. The first kappa shape index (κ1) is 13.6. The average molecular weight is 263 g/mol. The Morgan fingerprint density at radius 1 is 1.37 bits per heavy atom. The molecular formula is C15H18FNO2. The average Bonchev–Trinajstić information content (AvgIpc) is 2.68. The molecule has 0 saturated heterocycles. The third-order valence-electron chi connectivity index (χ3n) is 2.91. The number of ether oxygens (including phenoxy) is 1. The normalized spacial score (nSPS) is 14.2. The van der Waals surface area contributed by atoms with Gasteiger partial charge in [0.1, 0.15) is 11.4 Å². The number of rotatable bonds is 1. The number of hydrogen-bond donors (Lipinski definition) is 0. The second kappa shape index (κ2) is 4.68. The van der Waals surface area contributed by atoms with Gasteiger partial charge in [-0.3, -0.25) is 4.90 Å². The van der Waals surface area contributed by atoms with E-state index in [0.717, 1.165) is 11.1 Å². The number of carbonyl (C=O) groups is 1. The molecular weight excluding hydrogens is 245 g/mol. The van der Waals surface area contributed by atoms with Gasteiger partial charge in [0, 0.05) is 18.7 Å². The molecule has 19 heavy (non-hydrogen) atoms. The fourth-order valence-electron chi connectivity index (χ4n) is 2.05. The van der Waals surface area contributed by atoms with Crippen LogP contribution in [0, 0.1) is 5.82 Å². The number of halogens is 1. The van der Waals surface area contributed by atoms with Crippen molar-refractivity contribution in [2.45, 2.75) is 39.5 Å². The first-order valence-electron chi connectivity index (χ1n) is 6.22. The fraction of sp³-hybridized carbons (Fsp3) is 0.400. The van der Waals surface area contributed by atoms with Gasteiger partial charge in [0.15, 0.2) is 0 Å². The van der Waals surface area contributed by atoms with Crippen LogP contribution in [0.15, 0.2) is 18.7 Å². The van der Waals surface area contributed by atoms with Gasteiger partial charge < -0.3 is 4.74 Å². The van der Waals surface area contributed by atoms with Gasteiger partial charge in [-0.2, -0.15) is 0 Å². The molecule has 1 aromatic carbocycles. The lowest BCUT2D eigenvalue weighted by molar-refractivity contribution is 0.0242. The van der Waals surface area contributed by atoms with Crippen molar-refractivity contribution in [2.24, 2.45) is 0 Å². The van der Waals surface area contributed by atoms with Crippen LogP contribution in [0.4, 0.5) is 9.18 Å². The number of benzene rings is 1. The number of hydrogen-bond acceptors (Lipinski definition) is 2. The molecule has 0 N–H and O–H groups in total. The van der Waals surface area contributed by atoms with Crippen molar-refractivity contribution in [1.29, 1.82) is 0 Å². The van der Waals surface area contributed by atoms with E-state index >= 15 is 0 Å². The van der Waals surface area contributed by atoms with Crippen LogP contribution in [-0.2, 0) is 17.8 Å². The molecule has 0 saturated carbocycles. The Morgan fingerprint density at radius 2 is 1.95 bits per heavy atom. The summed E-state index contributed by atoms with van der Waals surface area (Å²) in [5.41, 5.74) is 1.71. The molecule has 2 rings (SSSR count). The minimum Gasteiger partial charge on any atom is -0.444 e. The number of carbonyl (C=O) groups excluding carboxylic acids is 1. The van der Waals surface area contributed by atoms with Gasteiger partial charge in [0.25, 0.3) is 0 Å². The molecule has 1 aromatic rings. The lowest BCUT2D eigenvalue weighted by atomic mass is 10.1. The molecule has 102 valence electrons. The quantitative estimate of drug-likeness (QED) is 0.772. The van der Waals surface area contributed by atoms with Gasteiger partial charge in [-0.25, -0.2) is 9.18 Å². The third-order valence-corrected chi connectivity index (χ3v) is 2.91. The van der Waals surface area contributed by atoms with Crippen LogP contribution < -0.4 is 0 Å². The van der Waals surface area contributed by atoms with Crippen molar-refractivity contribution < 1.29 is 13.9 Å². The van der Waals surface area contributed by atoms with Crippen molar-refractivity contribution in [3.05, 3.63) is 41.2 Å². The first-order chi connectivity index (χ1) is 8.80. The summed E-state index contributed by atoms with van der Waals surface area (Å²) in [6.07, 6.45) is 1.11. The summed E-state index contributed by atoms with van der Waals surface area (Å²) in [7, 11) is 0. The zero-order valence-corrected chi connectivity index (χ0v) is 11.5. The molecule has 0 atom stereocenters. The van der Waals surface area contributed by atoms with Crippen LogP contribution in [0.25, 0.3) is 6.08 Å². The highest BCUT2D eigenvalue weighted by Crippen LogP contribution is 2.27. The highest BCUT2D eigenvalue weighted by molar-refractivity contribution is 5.69. The van der Waals surface area contributed by atoms with Gasteiger partial charge in [-0.1, -0.05) is 12.7 Å². The van der Waals surface area contributed by atoms with E-state index in [9.17, 15) is 9.18 Å². The van der Waals surface area contributed by atoms with Gasteiger partial charge in [-0.05, 0) is 44.0 Å². The van der Waals surface area contributed by atoms with Crippen molar-refractivity contribution in [1.82, 2.24) is 4.90 Å². The van der Waals surface area contributed by atoms with E-state index in [2.05, 4.69) is 6.58 Å². The summed E-state index contributed by atoms with van der Waals surface area (Å²) < 4.78 is 19.0. The van der Waals surface area contributed by atoms with Crippen molar-refractivity contribution in [3.63, 3.8) is 0 Å². The van der Waals surface area contributed by atoms with E-state index in [1.165, 1.54) is 12.1 Å². The summed E-state index contributed by atoms with van der Waals surface area (Å²) in [4.78, 5) is 13.5. The minimum absolute atomic E-state index is 0.306. The molecule has 1 amide bonds. The molecule has 0 unspecified atom stereocenters. The van der Waals surface area contributed by atoms with E-state index < -0.39 is 5.60 Å². The van der Waals surface area contributed by atoms with E-state index in [4.69, 9.17) is 4.74 Å². The molecule has 0 fully saturated rings. The summed E-state index contributed by atoms with van der Waals surface area (Å²) in [5.74, 6) is -0.306. The predicted octanol–water partition coefficient (Wildman–Crippen LogP) is 3.72. The smallest absolute Gasteiger partial charge is 0.410 e. The molecule has 0 aromatic heterocycles. The second-order valence-corrected chi connectivity index (χ2v) is 5.68. The highest BCUT2D eigenvalue weighted by Gasteiger charge is 2.28. The van der Waals surface area contributed by atoms with Crippen LogP contribution in [0.5, 0.6) is 0 Å². The van der Waals surface area contributed by atoms with Crippen LogP contribution in [0.2, 0.25) is 0 Å². The van der Waals surface area contributed by atoms with Crippen LogP contribution in [-0.4, -0.2) is 16.6 Å². The minimum atomic E-state index is -0.524. The van der Waals surface area contributed by atoms with E-state index in [-0.39, 0.29) is 11.9 Å². The Labute approximate surface area is 112 Å². The van der Waals surface area contributed by atoms with Gasteiger partial charge in [0.2, 0.25) is 0 Å². The second-order valence-electron chi connectivity index (χ2n) is 5.68. The lowest BCUT2D eigenvalue weighted by Crippen LogP contribution is -2.33. The van der Waals surface area contributed by atoms with Gasteiger partial charge in [0.05, 0.1) is 0 Å². The molecule has 1 aliphatic rings. The topological polar surface area (TPSA) is 29.5 Å². The Hall–Kier alpha value is -1.84. The Balaban J connectivity index is 2.16. The molecule has 4 heteroatoms. The zero-order valence-electron chi connectivity index (χ0n) is 11.5. The summed E-state index contributed by atoms with van der Waals surface area (Å²) in [6, 6.07) is 3.21. The van der Waals surface area contributed by atoms with Crippen molar-refractivity contribution in [2.75, 3.05) is 0 Å². The van der Waals surface area contributed by atoms with Crippen LogP contribution >= 0.6 is 0 Å². The SMILES string of the molecule is C=Cc1cc2c(cc1F)CN(C(=O)OC(C)(C)C)C2. The number of fused-ring (bicyclic) bond motifs is 1. The Kier molecular flexibility index (Phi) is 3.35. The Bertz CT molecular complexity index is 532. The summed E-state index contributed by atoms with van der Waals surface area (Å²) >= 11 is 0. The van der Waals surface area contributed by atoms with Crippen molar-refractivity contribution in [3.8, 4) is 0 Å². The number of amides is 1. The molecule has 0 radical (unpaired) electrons. The van der Waals surface area contributed by atoms with Gasteiger partial charge in [-0.15, -0.1) is 0 Å². The molecule has 3 nitrogen and oxygen atoms in total. The van der Waals surface area contributed by atoms with E-state index in [0.29, 0.717) is 18.7 Å². The highest BCUT2D eigenvalue weighted by atomic mass is 19.1. The van der Waals surface area contributed by atoms with E-state index in [1.54, 1.807) is 11.0 Å². The van der Waals surface area contributed by atoms with Crippen LogP contribution in [0.1, 0.15) is 37.5 Å². The maximum Gasteiger partial charge on any atom is 0.410 e. The first-order valence-corrected chi connectivity index (χ1v) is 6.22. The maximum atomic E-state index is 13.6. The van der Waals surface area contributed by atoms with Crippen molar-refractivity contribution >= 4 is 12.2 Å². The largest absolute Gasteiger partial charge is 0.444 e. The van der Waals surface area contributed by atoms with Gasteiger partial charge >= 0.3 is 6.09 Å². The molecule has 1 aliphatic heterocycles. The molecule has 0 bridgehead atoms. The standard InChI is InChI=1S/C15H18FNO2/c1-5-10-6-11-8-17(9-12(11)7-13(10)16)14(18)19-15(2,3)4/h5-7H,1,8-9H2,2-4H3. The zero-order chi connectivity index (χ0) is 14.2. The predicted molar refractivity (Wildman–Crippen MR) is 72.0 cm³/mol. The van der Waals surface area contributed by atoms with E-state index in [1.807, 2.05) is 20.8 Å². The summed E-state index contributed by atoms with van der Waals surface area (Å²) in [5, 5.41) is 0. The Morgan fingerprint density at radius 3 is 2.47 bits per heavy atom. The molecule has 0 aliphatic carbocycles. The monoisotopic (exact) mass is 263 g/mol. The summed E-state index contributed by atoms with van der Waals surface area (Å²) in [6.45, 7) is 9.88. The number of nitrogens with zero attached hydrogens (tertiary/aromatic N) is 1. The maximum absolute atomic E-state index is 13.6. The molecule has 1 heterocycles. The fourth-order valence-corrected chi connectivity index (χ4v) is 2.05. The lowest BCUT2D eigenvalue weighted by Gasteiger charge is -2.24. The third kappa shape index (κ3) is 2.95. The van der Waals surface area contributed by atoms with Crippen LogP contribution in [0.3, 0.4) is 0 Å².